The van der Waals surface area contributed by atoms with Gasteiger partial charge in [-0.25, -0.2) is 4.98 Å². The Morgan fingerprint density at radius 1 is 1.44 bits per heavy atom. The zero-order chi connectivity index (χ0) is 13.1. The summed E-state index contributed by atoms with van der Waals surface area (Å²) in [6.45, 7) is 2.35. The molecule has 1 aliphatic rings. The molecule has 18 heavy (non-hydrogen) atoms. The van der Waals surface area contributed by atoms with Crippen molar-refractivity contribution in [1.82, 2.24) is 4.98 Å². The van der Waals surface area contributed by atoms with Crippen molar-refractivity contribution in [2.24, 2.45) is 5.92 Å². The molecule has 0 bridgehead atoms. The summed E-state index contributed by atoms with van der Waals surface area (Å²) in [4.78, 5) is 6.88. The van der Waals surface area contributed by atoms with Gasteiger partial charge in [0.05, 0.1) is 5.88 Å². The maximum atomic E-state index is 6.04. The van der Waals surface area contributed by atoms with Crippen molar-refractivity contribution in [2.75, 3.05) is 11.9 Å². The average molecular weight is 332 g/mol. The van der Waals surface area contributed by atoms with Crippen molar-refractivity contribution in [3.05, 3.63) is 22.3 Å². The van der Waals surface area contributed by atoms with E-state index in [4.69, 9.17) is 11.6 Å². The molecule has 2 rings (SSSR count). The van der Waals surface area contributed by atoms with Crippen molar-refractivity contribution in [3.63, 3.8) is 0 Å². The normalized spacial score (nSPS) is 24.0. The van der Waals surface area contributed by atoms with Crippen LogP contribution in [0.25, 0.3) is 0 Å². The van der Waals surface area contributed by atoms with Gasteiger partial charge in [0.15, 0.2) is 0 Å². The molecule has 1 heterocycles. The first kappa shape index (κ1) is 14.1. The third-order valence-electron chi connectivity index (χ3n) is 3.95. The predicted molar refractivity (Wildman–Crippen MR) is 81.3 cm³/mol. The second-order valence-corrected chi connectivity index (χ2v) is 6.39. The van der Waals surface area contributed by atoms with Gasteiger partial charge in [0, 0.05) is 29.3 Å². The van der Waals surface area contributed by atoms with Crippen LogP contribution in [0.15, 0.2) is 16.7 Å². The maximum Gasteiger partial charge on any atom is 0.133 e. The Labute approximate surface area is 123 Å². The minimum atomic E-state index is 0.507. The Kier molecular flexibility index (Phi) is 4.91. The molecule has 1 aliphatic carbocycles. The van der Waals surface area contributed by atoms with Gasteiger partial charge in [-0.05, 0) is 40.8 Å². The van der Waals surface area contributed by atoms with Gasteiger partial charge in [-0.3, -0.25) is 0 Å². The Balaban J connectivity index is 2.24. The molecule has 4 heteroatoms. The van der Waals surface area contributed by atoms with Gasteiger partial charge in [0.1, 0.15) is 5.82 Å². The van der Waals surface area contributed by atoms with E-state index in [2.05, 4.69) is 45.9 Å². The number of anilines is 1. The van der Waals surface area contributed by atoms with Crippen molar-refractivity contribution in [2.45, 2.75) is 44.5 Å². The van der Waals surface area contributed by atoms with Crippen LogP contribution in [0.4, 0.5) is 5.82 Å². The van der Waals surface area contributed by atoms with Crippen molar-refractivity contribution < 1.29 is 0 Å². The summed E-state index contributed by atoms with van der Waals surface area (Å²) in [5, 5.41) is 0. The second kappa shape index (κ2) is 6.25. The highest BCUT2D eigenvalue weighted by molar-refractivity contribution is 9.10. The molecule has 0 aliphatic heterocycles. The van der Waals surface area contributed by atoms with E-state index in [-0.39, 0.29) is 0 Å². The molecular weight excluding hydrogens is 312 g/mol. The summed E-state index contributed by atoms with van der Waals surface area (Å²) >= 11 is 9.49. The molecule has 2 unspecified atom stereocenters. The molecule has 0 saturated heterocycles. The van der Waals surface area contributed by atoms with Crippen LogP contribution >= 0.6 is 27.5 Å². The largest absolute Gasteiger partial charge is 0.356 e. The average Bonchev–Trinajstić information content (AvgIpc) is 2.38. The minimum absolute atomic E-state index is 0.507. The van der Waals surface area contributed by atoms with E-state index < -0.39 is 0 Å². The van der Waals surface area contributed by atoms with E-state index in [1.165, 1.54) is 25.7 Å². The fourth-order valence-corrected chi connectivity index (χ4v) is 3.49. The van der Waals surface area contributed by atoms with Crippen LogP contribution in [-0.4, -0.2) is 18.1 Å². The summed E-state index contributed by atoms with van der Waals surface area (Å²) in [5.41, 5.74) is 1.10. The standard InChI is InChI=1S/C14H20BrClN2/c1-10-5-3-4-6-13(10)18(2)14-11(8-16)7-12(15)9-17-14/h7,9-10,13H,3-6,8H2,1-2H3. The summed E-state index contributed by atoms with van der Waals surface area (Å²) in [6.07, 6.45) is 7.13. The molecular formula is C14H20BrClN2. The Hall–Kier alpha value is -0.280. The minimum Gasteiger partial charge on any atom is -0.356 e. The predicted octanol–water partition coefficient (Wildman–Crippen LogP) is 4.60. The number of hydrogen-bond acceptors (Lipinski definition) is 2. The van der Waals surface area contributed by atoms with E-state index in [1.807, 2.05) is 6.20 Å². The van der Waals surface area contributed by atoms with E-state index in [0.717, 1.165) is 21.8 Å². The zero-order valence-electron chi connectivity index (χ0n) is 11.0. The van der Waals surface area contributed by atoms with Gasteiger partial charge in [-0.1, -0.05) is 19.8 Å². The first-order chi connectivity index (χ1) is 8.63. The monoisotopic (exact) mass is 330 g/mol. The lowest BCUT2D eigenvalue weighted by Gasteiger charge is -2.37. The molecule has 1 aromatic rings. The lowest BCUT2D eigenvalue weighted by molar-refractivity contribution is 0.320. The van der Waals surface area contributed by atoms with Gasteiger partial charge in [-0.2, -0.15) is 0 Å². The van der Waals surface area contributed by atoms with Crippen molar-refractivity contribution in [3.8, 4) is 0 Å². The molecule has 0 aromatic carbocycles. The molecule has 1 fully saturated rings. The summed E-state index contributed by atoms with van der Waals surface area (Å²) in [6, 6.07) is 2.66. The zero-order valence-corrected chi connectivity index (χ0v) is 13.3. The molecule has 2 nitrogen and oxygen atoms in total. The van der Waals surface area contributed by atoms with E-state index in [1.54, 1.807) is 0 Å². The smallest absolute Gasteiger partial charge is 0.133 e. The molecule has 0 amide bonds. The quantitative estimate of drug-likeness (QED) is 0.753. The van der Waals surface area contributed by atoms with Gasteiger partial charge in [0.2, 0.25) is 0 Å². The molecule has 0 N–H and O–H groups in total. The maximum absolute atomic E-state index is 6.04. The van der Waals surface area contributed by atoms with Crippen LogP contribution in [0.1, 0.15) is 38.2 Å². The molecule has 2 atom stereocenters. The molecule has 100 valence electrons. The van der Waals surface area contributed by atoms with Gasteiger partial charge in [0.25, 0.3) is 0 Å². The number of halogens is 2. The SMILES string of the molecule is CC1CCCCC1N(C)c1ncc(Br)cc1CCl. The lowest BCUT2D eigenvalue weighted by Crippen LogP contribution is -2.39. The number of hydrogen-bond donors (Lipinski definition) is 0. The second-order valence-electron chi connectivity index (χ2n) is 5.21. The summed E-state index contributed by atoms with van der Waals surface area (Å²) in [5.74, 6) is 2.28. The molecule has 0 radical (unpaired) electrons. The number of aromatic nitrogens is 1. The van der Waals surface area contributed by atoms with Crippen LogP contribution < -0.4 is 4.90 Å². The van der Waals surface area contributed by atoms with Crippen LogP contribution in [0.5, 0.6) is 0 Å². The highest BCUT2D eigenvalue weighted by Gasteiger charge is 2.26. The van der Waals surface area contributed by atoms with Gasteiger partial charge >= 0.3 is 0 Å². The first-order valence-electron chi connectivity index (χ1n) is 6.56. The van der Waals surface area contributed by atoms with E-state index in [0.29, 0.717) is 11.9 Å². The van der Waals surface area contributed by atoms with E-state index >= 15 is 0 Å². The highest BCUT2D eigenvalue weighted by Crippen LogP contribution is 2.32. The van der Waals surface area contributed by atoms with Gasteiger partial charge < -0.3 is 4.90 Å². The fourth-order valence-electron chi connectivity index (χ4n) is 2.92. The number of alkyl halides is 1. The topological polar surface area (TPSA) is 16.1 Å². The number of pyridine rings is 1. The summed E-state index contributed by atoms with van der Waals surface area (Å²) in [7, 11) is 2.15. The molecule has 1 saturated carbocycles. The van der Waals surface area contributed by atoms with Crippen LogP contribution in [0.2, 0.25) is 0 Å². The van der Waals surface area contributed by atoms with Crippen LogP contribution in [0.3, 0.4) is 0 Å². The molecule has 1 aromatic heterocycles. The van der Waals surface area contributed by atoms with Crippen LogP contribution in [-0.2, 0) is 5.88 Å². The highest BCUT2D eigenvalue weighted by atomic mass is 79.9. The number of nitrogens with zero attached hydrogens (tertiary/aromatic N) is 2. The summed E-state index contributed by atoms with van der Waals surface area (Å²) < 4.78 is 0.993. The third-order valence-corrected chi connectivity index (χ3v) is 4.67. The van der Waals surface area contributed by atoms with Crippen LogP contribution in [0, 0.1) is 5.92 Å². The lowest BCUT2D eigenvalue weighted by atomic mass is 9.85. The van der Waals surface area contributed by atoms with Gasteiger partial charge in [-0.15, -0.1) is 11.6 Å². The molecule has 0 spiro atoms. The van der Waals surface area contributed by atoms with E-state index in [9.17, 15) is 0 Å². The van der Waals surface area contributed by atoms with Crippen molar-refractivity contribution in [1.29, 1.82) is 0 Å². The Morgan fingerprint density at radius 3 is 2.83 bits per heavy atom. The number of rotatable bonds is 3. The Morgan fingerprint density at radius 2 is 2.17 bits per heavy atom. The van der Waals surface area contributed by atoms with Crippen molar-refractivity contribution >= 4 is 33.3 Å². The third kappa shape index (κ3) is 3.00. The fraction of sp³-hybridized carbons (Fsp3) is 0.643. The first-order valence-corrected chi connectivity index (χ1v) is 7.89. The Bertz CT molecular complexity index is 411.